The highest BCUT2D eigenvalue weighted by molar-refractivity contribution is 5.98. The first-order valence-electron chi connectivity index (χ1n) is 11.4. The van der Waals surface area contributed by atoms with Crippen molar-refractivity contribution in [3.8, 4) is 11.5 Å². The molecule has 1 saturated carbocycles. The number of ether oxygens (including phenoxy) is 2. The van der Waals surface area contributed by atoms with Crippen molar-refractivity contribution >= 4 is 17.8 Å². The van der Waals surface area contributed by atoms with E-state index < -0.39 is 6.04 Å². The number of benzene rings is 1. The van der Waals surface area contributed by atoms with Crippen LogP contribution in [0.1, 0.15) is 57.9 Å². The first-order chi connectivity index (χ1) is 15.3. The zero-order valence-corrected chi connectivity index (χ0v) is 19.8. The molecule has 178 valence electrons. The molecule has 0 saturated heterocycles. The van der Waals surface area contributed by atoms with E-state index in [-0.39, 0.29) is 24.2 Å². The molecule has 32 heavy (non-hydrogen) atoms. The van der Waals surface area contributed by atoms with Gasteiger partial charge in [0.2, 0.25) is 11.8 Å². The molecule has 1 fully saturated rings. The minimum atomic E-state index is -0.603. The molecule has 1 aromatic rings. The number of guanidine groups is 1. The highest BCUT2D eigenvalue weighted by Crippen LogP contribution is 2.28. The summed E-state index contributed by atoms with van der Waals surface area (Å²) in [6.07, 6.45) is 6.55. The molecule has 1 aromatic carbocycles. The maximum absolute atomic E-state index is 12.8. The van der Waals surface area contributed by atoms with Gasteiger partial charge in [0.1, 0.15) is 17.5 Å². The van der Waals surface area contributed by atoms with Crippen LogP contribution in [0.5, 0.6) is 11.5 Å². The summed E-state index contributed by atoms with van der Waals surface area (Å²) in [5.41, 5.74) is 6.75. The quantitative estimate of drug-likeness (QED) is 0.378. The fraction of sp³-hybridized carbons (Fsp3) is 0.625. The molecule has 4 N–H and O–H groups in total. The highest BCUT2D eigenvalue weighted by Gasteiger charge is 2.24. The van der Waals surface area contributed by atoms with E-state index in [2.05, 4.69) is 15.6 Å². The second-order valence-electron chi connectivity index (χ2n) is 8.85. The van der Waals surface area contributed by atoms with E-state index in [4.69, 9.17) is 15.2 Å². The van der Waals surface area contributed by atoms with Crippen LogP contribution in [-0.4, -0.2) is 44.6 Å². The van der Waals surface area contributed by atoms with Crippen LogP contribution >= 0.6 is 0 Å². The number of hydrogen-bond donors (Lipinski definition) is 3. The highest BCUT2D eigenvalue weighted by atomic mass is 16.5. The third-order valence-electron chi connectivity index (χ3n) is 5.61. The van der Waals surface area contributed by atoms with Crippen molar-refractivity contribution < 1.29 is 19.1 Å². The predicted molar refractivity (Wildman–Crippen MR) is 126 cm³/mol. The van der Waals surface area contributed by atoms with E-state index in [0.717, 1.165) is 18.4 Å². The monoisotopic (exact) mass is 446 g/mol. The van der Waals surface area contributed by atoms with Crippen molar-refractivity contribution in [2.24, 2.45) is 22.6 Å². The fourth-order valence-corrected chi connectivity index (χ4v) is 3.92. The molecule has 1 aliphatic carbocycles. The summed E-state index contributed by atoms with van der Waals surface area (Å²) >= 11 is 0. The molecule has 0 heterocycles. The summed E-state index contributed by atoms with van der Waals surface area (Å²) in [5.74, 6) is 1.50. The third kappa shape index (κ3) is 8.77. The zero-order chi connectivity index (χ0) is 23.5. The van der Waals surface area contributed by atoms with Crippen LogP contribution in [0.25, 0.3) is 0 Å². The normalized spacial score (nSPS) is 15.8. The minimum Gasteiger partial charge on any atom is -0.497 e. The Bertz CT molecular complexity index is 766. The average Bonchev–Trinajstić information content (AvgIpc) is 2.77. The van der Waals surface area contributed by atoms with Crippen molar-refractivity contribution in [3.63, 3.8) is 0 Å². The number of rotatable bonds is 10. The second-order valence-corrected chi connectivity index (χ2v) is 8.85. The third-order valence-corrected chi connectivity index (χ3v) is 5.61. The number of hydrogen-bond acceptors (Lipinski definition) is 5. The summed E-state index contributed by atoms with van der Waals surface area (Å²) in [6.45, 7) is 4.67. The van der Waals surface area contributed by atoms with Gasteiger partial charge in [0.25, 0.3) is 0 Å². The molecule has 1 aliphatic rings. The van der Waals surface area contributed by atoms with Gasteiger partial charge in [0, 0.05) is 12.6 Å². The Labute approximate surface area is 191 Å². The van der Waals surface area contributed by atoms with Crippen LogP contribution in [0.3, 0.4) is 0 Å². The van der Waals surface area contributed by atoms with E-state index in [1.807, 2.05) is 13.8 Å². The number of nitrogens with two attached hydrogens (primary N) is 1. The van der Waals surface area contributed by atoms with E-state index in [1.54, 1.807) is 32.4 Å². The Morgan fingerprint density at radius 2 is 1.72 bits per heavy atom. The van der Waals surface area contributed by atoms with Crippen LogP contribution in [0.15, 0.2) is 23.2 Å². The Kier molecular flexibility index (Phi) is 10.3. The molecule has 8 nitrogen and oxygen atoms in total. The Morgan fingerprint density at radius 3 is 2.28 bits per heavy atom. The van der Waals surface area contributed by atoms with Crippen LogP contribution in [0.4, 0.5) is 0 Å². The van der Waals surface area contributed by atoms with Crippen molar-refractivity contribution in [2.45, 2.75) is 64.8 Å². The van der Waals surface area contributed by atoms with E-state index in [0.29, 0.717) is 36.3 Å². The maximum atomic E-state index is 12.8. The van der Waals surface area contributed by atoms with Gasteiger partial charge in [-0.25, -0.2) is 4.99 Å². The molecule has 2 rings (SSSR count). The molecule has 0 bridgehead atoms. The lowest BCUT2D eigenvalue weighted by Gasteiger charge is -2.24. The number of methoxy groups -OCH3 is 2. The Morgan fingerprint density at radius 1 is 1.09 bits per heavy atom. The Balaban J connectivity index is 2.04. The summed E-state index contributed by atoms with van der Waals surface area (Å²) in [5, 5.41) is 5.57. The lowest BCUT2D eigenvalue weighted by Crippen LogP contribution is -2.42. The topological polar surface area (TPSA) is 115 Å². The molecule has 1 unspecified atom stereocenters. The van der Waals surface area contributed by atoms with Crippen molar-refractivity contribution in [1.29, 1.82) is 0 Å². The summed E-state index contributed by atoms with van der Waals surface area (Å²) in [6, 6.07) is 4.67. The van der Waals surface area contributed by atoms with Gasteiger partial charge in [0.15, 0.2) is 5.96 Å². The smallest absolute Gasteiger partial charge is 0.244 e. The van der Waals surface area contributed by atoms with Gasteiger partial charge < -0.3 is 20.5 Å². The summed E-state index contributed by atoms with van der Waals surface area (Å²) < 4.78 is 10.5. The SMILES string of the molecule is COc1cc(CC(=O)NC(N)=NC(CC2CCCCC2)C(=O)NCC(C)C)cc(OC)c1. The first-order valence-corrected chi connectivity index (χ1v) is 11.4. The number of carbonyl (C=O) groups is 2. The van der Waals surface area contributed by atoms with Crippen LogP contribution in [0, 0.1) is 11.8 Å². The summed E-state index contributed by atoms with van der Waals surface area (Å²) in [4.78, 5) is 29.7. The van der Waals surface area contributed by atoms with E-state index in [9.17, 15) is 9.59 Å². The fourth-order valence-electron chi connectivity index (χ4n) is 3.92. The molecule has 8 heteroatoms. The van der Waals surface area contributed by atoms with Crippen molar-refractivity contribution in [3.05, 3.63) is 23.8 Å². The largest absolute Gasteiger partial charge is 0.497 e. The molecule has 0 aliphatic heterocycles. The number of aliphatic imine (C=N–C) groups is 1. The van der Waals surface area contributed by atoms with Crippen LogP contribution < -0.4 is 25.8 Å². The summed E-state index contributed by atoms with van der Waals surface area (Å²) in [7, 11) is 3.11. The standard InChI is InChI=1S/C24H38N4O4/c1-16(2)15-26-23(30)21(12-17-8-6-5-7-9-17)27-24(25)28-22(29)13-18-10-19(31-3)14-20(11-18)32-4/h10-11,14,16-17,21H,5-9,12-13,15H2,1-4H3,(H,26,30)(H3,25,27,28,29). The van der Waals surface area contributed by atoms with Gasteiger partial charge in [0.05, 0.1) is 20.6 Å². The van der Waals surface area contributed by atoms with Crippen molar-refractivity contribution in [1.82, 2.24) is 10.6 Å². The Hall–Kier alpha value is -2.77. The molecule has 1 atom stereocenters. The molecule has 0 radical (unpaired) electrons. The van der Waals surface area contributed by atoms with Gasteiger partial charge in [-0.1, -0.05) is 46.0 Å². The first kappa shape index (κ1) is 25.5. The van der Waals surface area contributed by atoms with Crippen LogP contribution in [-0.2, 0) is 16.0 Å². The molecule has 0 aromatic heterocycles. The van der Waals surface area contributed by atoms with E-state index in [1.165, 1.54) is 19.3 Å². The van der Waals surface area contributed by atoms with E-state index >= 15 is 0 Å². The van der Waals surface area contributed by atoms with Gasteiger partial charge >= 0.3 is 0 Å². The minimum absolute atomic E-state index is 0.0367. The molecular weight excluding hydrogens is 408 g/mol. The molecule has 0 spiro atoms. The van der Waals surface area contributed by atoms with Gasteiger partial charge in [-0.2, -0.15) is 0 Å². The molecular formula is C24H38N4O4. The average molecular weight is 447 g/mol. The lowest BCUT2D eigenvalue weighted by molar-refractivity contribution is -0.123. The second kappa shape index (κ2) is 12.9. The number of carbonyl (C=O) groups excluding carboxylic acids is 2. The zero-order valence-electron chi connectivity index (χ0n) is 19.8. The number of nitrogens with one attached hydrogen (secondary N) is 2. The van der Waals surface area contributed by atoms with Crippen molar-refractivity contribution in [2.75, 3.05) is 20.8 Å². The predicted octanol–water partition coefficient (Wildman–Crippen LogP) is 2.79. The van der Waals surface area contributed by atoms with Crippen LogP contribution in [0.2, 0.25) is 0 Å². The number of amides is 2. The maximum Gasteiger partial charge on any atom is 0.244 e. The molecule has 2 amide bonds. The number of nitrogens with zero attached hydrogens (tertiary/aromatic N) is 1. The lowest BCUT2D eigenvalue weighted by atomic mass is 9.84. The van der Waals surface area contributed by atoms with Gasteiger partial charge in [-0.05, 0) is 36.0 Å². The van der Waals surface area contributed by atoms with Gasteiger partial charge in [-0.15, -0.1) is 0 Å². The van der Waals surface area contributed by atoms with Gasteiger partial charge in [-0.3, -0.25) is 14.9 Å².